The van der Waals surface area contributed by atoms with Crippen LogP contribution in [0.2, 0.25) is 0 Å². The molecule has 4 rings (SSSR count). The van der Waals surface area contributed by atoms with E-state index in [1.807, 2.05) is 36.4 Å². The molecule has 2 aromatic rings. The normalized spacial score (nSPS) is 23.6. The van der Waals surface area contributed by atoms with E-state index in [1.165, 1.54) is 0 Å². The number of aromatic nitrogens is 2. The second-order valence-electron chi connectivity index (χ2n) is 7.23. The molecule has 8 nitrogen and oxygen atoms in total. The summed E-state index contributed by atoms with van der Waals surface area (Å²) in [6, 6.07) is 11.5. The standard InChI is InChI=1S/C20H24N4O4/c25-19(17-7-4-8-27-17)22-18-11-16(23-24-18)14-9-15(10-14)28-20(26)21-12-13-5-2-1-3-6-13/h1-3,5-6,11,14-15,17H,4,7-10,12H2,(H,21,26)(H2,22,23,24,25)/t14-,15+,17-/m1/s1. The Labute approximate surface area is 163 Å². The minimum Gasteiger partial charge on any atom is -0.446 e. The summed E-state index contributed by atoms with van der Waals surface area (Å²) in [6.45, 7) is 1.08. The van der Waals surface area contributed by atoms with Crippen molar-refractivity contribution in [1.29, 1.82) is 0 Å². The second kappa shape index (κ2) is 8.43. The molecule has 2 heterocycles. The molecule has 1 aromatic heterocycles. The first-order chi connectivity index (χ1) is 13.7. The topological polar surface area (TPSA) is 105 Å². The Kier molecular flexibility index (Phi) is 5.57. The molecule has 1 saturated carbocycles. The van der Waals surface area contributed by atoms with Crippen LogP contribution < -0.4 is 10.6 Å². The van der Waals surface area contributed by atoms with Crippen LogP contribution in [-0.4, -0.2) is 41.0 Å². The number of aromatic amines is 1. The zero-order valence-corrected chi connectivity index (χ0v) is 15.5. The summed E-state index contributed by atoms with van der Waals surface area (Å²) < 4.78 is 10.8. The van der Waals surface area contributed by atoms with E-state index in [0.29, 0.717) is 19.0 Å². The summed E-state index contributed by atoms with van der Waals surface area (Å²) in [5.41, 5.74) is 1.90. The number of alkyl carbamates (subject to hydrolysis) is 1. The smallest absolute Gasteiger partial charge is 0.407 e. The number of rotatable bonds is 6. The highest BCUT2D eigenvalue weighted by atomic mass is 16.6. The van der Waals surface area contributed by atoms with E-state index in [-0.39, 0.29) is 24.0 Å². The van der Waals surface area contributed by atoms with Crippen molar-refractivity contribution in [2.75, 3.05) is 11.9 Å². The molecule has 0 unspecified atom stereocenters. The summed E-state index contributed by atoms with van der Waals surface area (Å²) in [6.07, 6.45) is 2.23. The number of carbonyl (C=O) groups is 2. The molecule has 0 spiro atoms. The first kappa shape index (κ1) is 18.5. The third-order valence-electron chi connectivity index (χ3n) is 5.14. The van der Waals surface area contributed by atoms with Crippen molar-refractivity contribution >= 4 is 17.8 Å². The van der Waals surface area contributed by atoms with Crippen LogP contribution in [0.4, 0.5) is 10.6 Å². The predicted octanol–water partition coefficient (Wildman–Crippen LogP) is 2.70. The Balaban J connectivity index is 1.18. The number of anilines is 1. The van der Waals surface area contributed by atoms with Crippen LogP contribution in [0.25, 0.3) is 0 Å². The molecule has 2 amide bonds. The Morgan fingerprint density at radius 3 is 2.82 bits per heavy atom. The molecule has 1 saturated heterocycles. The van der Waals surface area contributed by atoms with Crippen molar-refractivity contribution in [3.05, 3.63) is 47.7 Å². The molecular weight excluding hydrogens is 360 g/mol. The predicted molar refractivity (Wildman–Crippen MR) is 102 cm³/mol. The van der Waals surface area contributed by atoms with Gasteiger partial charge in [0.25, 0.3) is 5.91 Å². The number of H-pyrrole nitrogens is 1. The first-order valence-electron chi connectivity index (χ1n) is 9.63. The molecule has 3 N–H and O–H groups in total. The van der Waals surface area contributed by atoms with Gasteiger partial charge < -0.3 is 20.1 Å². The average Bonchev–Trinajstić information content (AvgIpc) is 3.35. The maximum atomic E-state index is 12.1. The second-order valence-corrected chi connectivity index (χ2v) is 7.23. The third-order valence-corrected chi connectivity index (χ3v) is 5.14. The SMILES string of the molecule is O=C(NCc1ccccc1)O[C@H]1C[C@@H](c2cc(NC(=O)[C@H]3CCCO3)[nH]n2)C1. The maximum absolute atomic E-state index is 12.1. The van der Waals surface area contributed by atoms with Crippen LogP contribution in [0.15, 0.2) is 36.4 Å². The molecule has 0 radical (unpaired) electrons. The Morgan fingerprint density at radius 1 is 1.25 bits per heavy atom. The largest absolute Gasteiger partial charge is 0.446 e. The van der Waals surface area contributed by atoms with Gasteiger partial charge in [0.15, 0.2) is 0 Å². The van der Waals surface area contributed by atoms with Gasteiger partial charge in [0.2, 0.25) is 0 Å². The fourth-order valence-corrected chi connectivity index (χ4v) is 3.47. The summed E-state index contributed by atoms with van der Waals surface area (Å²) in [7, 11) is 0. The fraction of sp³-hybridized carbons (Fsp3) is 0.450. The molecule has 148 valence electrons. The number of amides is 2. The van der Waals surface area contributed by atoms with Gasteiger partial charge in [-0.15, -0.1) is 0 Å². The molecule has 28 heavy (non-hydrogen) atoms. The lowest BCUT2D eigenvalue weighted by molar-refractivity contribution is -0.124. The highest BCUT2D eigenvalue weighted by molar-refractivity contribution is 5.93. The van der Waals surface area contributed by atoms with Gasteiger partial charge in [-0.2, -0.15) is 5.10 Å². The average molecular weight is 384 g/mol. The quantitative estimate of drug-likeness (QED) is 0.710. The van der Waals surface area contributed by atoms with Crippen molar-refractivity contribution in [3.63, 3.8) is 0 Å². The van der Waals surface area contributed by atoms with Gasteiger partial charge in [0, 0.05) is 25.1 Å². The fourth-order valence-electron chi connectivity index (χ4n) is 3.47. The molecule has 1 aliphatic heterocycles. The third kappa shape index (κ3) is 4.51. The van der Waals surface area contributed by atoms with Gasteiger partial charge >= 0.3 is 6.09 Å². The number of ether oxygens (including phenoxy) is 2. The van der Waals surface area contributed by atoms with E-state index in [9.17, 15) is 9.59 Å². The highest BCUT2D eigenvalue weighted by Gasteiger charge is 2.35. The summed E-state index contributed by atoms with van der Waals surface area (Å²) >= 11 is 0. The molecule has 2 fully saturated rings. The van der Waals surface area contributed by atoms with E-state index < -0.39 is 6.09 Å². The van der Waals surface area contributed by atoms with Gasteiger partial charge in [-0.3, -0.25) is 9.89 Å². The van der Waals surface area contributed by atoms with Crippen LogP contribution in [0.3, 0.4) is 0 Å². The molecule has 1 aliphatic carbocycles. The Morgan fingerprint density at radius 2 is 2.07 bits per heavy atom. The lowest BCUT2D eigenvalue weighted by Gasteiger charge is -2.33. The minimum atomic E-state index is -0.404. The molecule has 1 aromatic carbocycles. The van der Waals surface area contributed by atoms with Crippen molar-refractivity contribution in [2.45, 2.75) is 50.4 Å². The van der Waals surface area contributed by atoms with Gasteiger partial charge in [0.1, 0.15) is 18.0 Å². The monoisotopic (exact) mass is 384 g/mol. The number of hydrogen-bond acceptors (Lipinski definition) is 5. The minimum absolute atomic E-state index is 0.109. The van der Waals surface area contributed by atoms with E-state index in [1.54, 1.807) is 0 Å². The van der Waals surface area contributed by atoms with Gasteiger partial charge in [-0.1, -0.05) is 30.3 Å². The summed E-state index contributed by atoms with van der Waals surface area (Å²) in [4.78, 5) is 24.0. The number of benzene rings is 1. The Bertz CT molecular complexity index is 811. The lowest BCUT2D eigenvalue weighted by atomic mass is 9.80. The number of nitrogens with zero attached hydrogens (tertiary/aromatic N) is 1. The zero-order chi connectivity index (χ0) is 19.3. The van der Waals surface area contributed by atoms with Crippen molar-refractivity contribution in [2.24, 2.45) is 0 Å². The van der Waals surface area contributed by atoms with Crippen LogP contribution >= 0.6 is 0 Å². The van der Waals surface area contributed by atoms with E-state index in [0.717, 1.165) is 36.9 Å². The summed E-state index contributed by atoms with van der Waals surface area (Å²) in [5.74, 6) is 0.648. The van der Waals surface area contributed by atoms with E-state index in [4.69, 9.17) is 9.47 Å². The molecule has 0 bridgehead atoms. The lowest BCUT2D eigenvalue weighted by Crippen LogP contribution is -2.36. The van der Waals surface area contributed by atoms with Gasteiger partial charge in [-0.05, 0) is 31.2 Å². The zero-order valence-electron chi connectivity index (χ0n) is 15.5. The van der Waals surface area contributed by atoms with Gasteiger partial charge in [0.05, 0.1) is 5.69 Å². The van der Waals surface area contributed by atoms with Crippen molar-refractivity contribution in [1.82, 2.24) is 15.5 Å². The number of hydrogen-bond donors (Lipinski definition) is 3. The molecule has 2 aliphatic rings. The van der Waals surface area contributed by atoms with Crippen LogP contribution in [0, 0.1) is 0 Å². The van der Waals surface area contributed by atoms with E-state index in [2.05, 4.69) is 20.8 Å². The van der Waals surface area contributed by atoms with Crippen LogP contribution in [-0.2, 0) is 20.8 Å². The molecule has 8 heteroatoms. The highest BCUT2D eigenvalue weighted by Crippen LogP contribution is 2.38. The Hall–Kier alpha value is -2.87. The van der Waals surface area contributed by atoms with Gasteiger partial charge in [-0.25, -0.2) is 4.79 Å². The van der Waals surface area contributed by atoms with Crippen LogP contribution in [0.1, 0.15) is 42.9 Å². The van der Waals surface area contributed by atoms with E-state index >= 15 is 0 Å². The number of nitrogens with one attached hydrogen (secondary N) is 3. The summed E-state index contributed by atoms with van der Waals surface area (Å²) in [5, 5.41) is 12.7. The van der Waals surface area contributed by atoms with Crippen LogP contribution in [0.5, 0.6) is 0 Å². The van der Waals surface area contributed by atoms with Crippen molar-refractivity contribution < 1.29 is 19.1 Å². The molecular formula is C20H24N4O4. The number of carbonyl (C=O) groups excluding carboxylic acids is 2. The first-order valence-corrected chi connectivity index (χ1v) is 9.63. The van der Waals surface area contributed by atoms with Crippen molar-refractivity contribution in [3.8, 4) is 0 Å². The molecule has 1 atom stereocenters. The maximum Gasteiger partial charge on any atom is 0.407 e.